The summed E-state index contributed by atoms with van der Waals surface area (Å²) in [5.41, 5.74) is -2.94. The molecular formula is C25H38O5. The summed E-state index contributed by atoms with van der Waals surface area (Å²) in [6.45, 7) is 13.5. The molecule has 3 N–H and O–H groups in total. The minimum absolute atomic E-state index is 0.0179. The molecular weight excluding hydrogens is 380 g/mol. The third-order valence-corrected chi connectivity index (χ3v) is 8.87. The number of Topliss-reactive ketones (excluding diaryl/α,β-unsaturated/α-hetero) is 2. The van der Waals surface area contributed by atoms with Crippen molar-refractivity contribution in [3.05, 3.63) is 23.3 Å². The van der Waals surface area contributed by atoms with Crippen molar-refractivity contribution in [2.75, 3.05) is 6.61 Å². The van der Waals surface area contributed by atoms with Crippen molar-refractivity contribution >= 4 is 11.6 Å². The molecule has 0 aromatic rings. The molecule has 0 bridgehead atoms. The lowest BCUT2D eigenvalue weighted by Crippen LogP contribution is -2.66. The van der Waals surface area contributed by atoms with Gasteiger partial charge in [-0.2, -0.15) is 0 Å². The Morgan fingerprint density at radius 2 is 1.77 bits per heavy atom. The second-order valence-corrected chi connectivity index (χ2v) is 11.3. The number of ketones is 2. The van der Waals surface area contributed by atoms with Crippen LogP contribution in [0.25, 0.3) is 0 Å². The van der Waals surface area contributed by atoms with Crippen molar-refractivity contribution in [1.82, 2.24) is 0 Å². The van der Waals surface area contributed by atoms with Crippen LogP contribution in [0, 0.1) is 34.5 Å². The molecule has 0 radical (unpaired) electrons. The molecule has 1 saturated carbocycles. The Morgan fingerprint density at radius 1 is 1.17 bits per heavy atom. The summed E-state index contributed by atoms with van der Waals surface area (Å²) >= 11 is 0. The smallest absolute Gasteiger partial charge is 0.190 e. The van der Waals surface area contributed by atoms with E-state index >= 15 is 0 Å². The minimum Gasteiger partial charge on any atom is -0.392 e. The van der Waals surface area contributed by atoms with Crippen LogP contribution in [0.2, 0.25) is 0 Å². The molecule has 0 saturated heterocycles. The SMILES string of the molecule is CC1=C[C@H]2[C@@]3(O)[C@H](C)C[C@@](C)(CC(=O)C(C)C)C(C)(C)[C@@H]3C=C(CO)C[C@]2(O)C1=O. The highest BCUT2D eigenvalue weighted by Gasteiger charge is 2.68. The summed E-state index contributed by atoms with van der Waals surface area (Å²) in [4.78, 5) is 25.7. The highest BCUT2D eigenvalue weighted by molar-refractivity contribution is 6.04. The maximum absolute atomic E-state index is 12.9. The van der Waals surface area contributed by atoms with Gasteiger partial charge >= 0.3 is 0 Å². The Bertz CT molecular complexity index is 821. The number of hydrogen-bond donors (Lipinski definition) is 3. The van der Waals surface area contributed by atoms with Crippen LogP contribution >= 0.6 is 0 Å². The molecule has 3 aliphatic carbocycles. The predicted octanol–water partition coefficient (Wildman–Crippen LogP) is 3.22. The van der Waals surface area contributed by atoms with Gasteiger partial charge < -0.3 is 15.3 Å². The molecule has 0 aliphatic heterocycles. The largest absolute Gasteiger partial charge is 0.392 e. The van der Waals surface area contributed by atoms with Crippen LogP contribution in [0.5, 0.6) is 0 Å². The number of aliphatic hydroxyl groups excluding tert-OH is 1. The van der Waals surface area contributed by atoms with Gasteiger partial charge in [0.15, 0.2) is 5.78 Å². The van der Waals surface area contributed by atoms with E-state index in [1.54, 1.807) is 13.0 Å². The highest BCUT2D eigenvalue weighted by Crippen LogP contribution is 2.65. The molecule has 1 fully saturated rings. The lowest BCUT2D eigenvalue weighted by atomic mass is 9.43. The first-order chi connectivity index (χ1) is 13.6. The van der Waals surface area contributed by atoms with Gasteiger partial charge in [-0.1, -0.05) is 53.7 Å². The van der Waals surface area contributed by atoms with E-state index in [0.29, 0.717) is 24.0 Å². The van der Waals surface area contributed by atoms with Gasteiger partial charge in [0.2, 0.25) is 0 Å². The summed E-state index contributed by atoms with van der Waals surface area (Å²) < 4.78 is 0. The van der Waals surface area contributed by atoms with Gasteiger partial charge in [0.25, 0.3) is 0 Å². The van der Waals surface area contributed by atoms with E-state index in [0.717, 1.165) is 0 Å². The lowest BCUT2D eigenvalue weighted by molar-refractivity contribution is -0.216. The maximum Gasteiger partial charge on any atom is 0.190 e. The lowest BCUT2D eigenvalue weighted by Gasteiger charge is -2.62. The fraction of sp³-hybridized carbons (Fsp3) is 0.760. The summed E-state index contributed by atoms with van der Waals surface area (Å²) in [6, 6.07) is 0. The molecule has 30 heavy (non-hydrogen) atoms. The molecule has 0 amide bonds. The molecule has 0 aromatic carbocycles. The van der Waals surface area contributed by atoms with Crippen molar-refractivity contribution in [3.8, 4) is 0 Å². The Kier molecular flexibility index (Phi) is 5.54. The molecule has 5 heteroatoms. The van der Waals surface area contributed by atoms with Gasteiger partial charge in [0.05, 0.1) is 12.2 Å². The fourth-order valence-electron chi connectivity index (χ4n) is 6.49. The van der Waals surface area contributed by atoms with Crippen LogP contribution < -0.4 is 0 Å². The summed E-state index contributed by atoms with van der Waals surface area (Å²) in [6.07, 6.45) is 4.67. The van der Waals surface area contributed by atoms with Crippen molar-refractivity contribution < 1.29 is 24.9 Å². The van der Waals surface area contributed by atoms with E-state index in [1.807, 2.05) is 26.8 Å². The number of rotatable bonds is 4. The van der Waals surface area contributed by atoms with Crippen molar-refractivity contribution in [2.24, 2.45) is 34.5 Å². The summed E-state index contributed by atoms with van der Waals surface area (Å²) in [5.74, 6) is -1.64. The van der Waals surface area contributed by atoms with E-state index < -0.39 is 28.5 Å². The molecule has 6 atom stereocenters. The molecule has 3 aliphatic rings. The van der Waals surface area contributed by atoms with E-state index in [4.69, 9.17) is 0 Å². The average molecular weight is 419 g/mol. The monoisotopic (exact) mass is 418 g/mol. The molecule has 0 spiro atoms. The van der Waals surface area contributed by atoms with Gasteiger partial charge in [-0.25, -0.2) is 0 Å². The van der Waals surface area contributed by atoms with E-state index in [2.05, 4.69) is 20.8 Å². The van der Waals surface area contributed by atoms with Crippen molar-refractivity contribution in [1.29, 1.82) is 0 Å². The van der Waals surface area contributed by atoms with Gasteiger partial charge in [-0.3, -0.25) is 9.59 Å². The number of aliphatic hydroxyl groups is 3. The van der Waals surface area contributed by atoms with E-state index in [9.17, 15) is 24.9 Å². The topological polar surface area (TPSA) is 94.8 Å². The number of carbonyl (C=O) groups is 2. The molecule has 3 rings (SSSR count). The van der Waals surface area contributed by atoms with Gasteiger partial charge in [0, 0.05) is 30.6 Å². The van der Waals surface area contributed by atoms with Gasteiger partial charge in [-0.15, -0.1) is 0 Å². The van der Waals surface area contributed by atoms with E-state index in [-0.39, 0.29) is 41.8 Å². The van der Waals surface area contributed by atoms with Crippen LogP contribution in [0.1, 0.15) is 67.7 Å². The molecule has 5 nitrogen and oxygen atoms in total. The zero-order valence-corrected chi connectivity index (χ0v) is 19.5. The highest BCUT2D eigenvalue weighted by atomic mass is 16.3. The Balaban J connectivity index is 2.19. The first kappa shape index (κ1) is 23.4. The Morgan fingerprint density at radius 3 is 2.30 bits per heavy atom. The van der Waals surface area contributed by atoms with Crippen LogP contribution in [-0.2, 0) is 9.59 Å². The first-order valence-corrected chi connectivity index (χ1v) is 11.2. The standard InChI is InChI=1S/C25H38O5/c1-14(2)18(27)12-23(7)10-16(4)25(30)19(22(23,5)6)9-17(13-26)11-24(29)20(25)8-15(3)21(24)28/h8-9,14,16,19-20,26,29-30H,10-13H2,1-7H3/t16-,19+,20-,23+,24-,25-/m1/s1. The third-order valence-electron chi connectivity index (χ3n) is 8.87. The zero-order chi connectivity index (χ0) is 22.9. The van der Waals surface area contributed by atoms with Gasteiger partial charge in [-0.05, 0) is 41.2 Å². The predicted molar refractivity (Wildman–Crippen MR) is 116 cm³/mol. The normalized spacial score (nSPS) is 42.9. The Hall–Kier alpha value is -1.30. The van der Waals surface area contributed by atoms with Crippen molar-refractivity contribution in [3.63, 3.8) is 0 Å². The van der Waals surface area contributed by atoms with Crippen LogP contribution in [0.4, 0.5) is 0 Å². The zero-order valence-electron chi connectivity index (χ0n) is 19.5. The molecule has 168 valence electrons. The summed E-state index contributed by atoms with van der Waals surface area (Å²) in [5, 5.41) is 33.8. The quantitative estimate of drug-likeness (QED) is 0.610. The van der Waals surface area contributed by atoms with Gasteiger partial charge in [0.1, 0.15) is 11.4 Å². The molecule has 0 heterocycles. The van der Waals surface area contributed by atoms with Crippen LogP contribution in [0.15, 0.2) is 23.3 Å². The fourth-order valence-corrected chi connectivity index (χ4v) is 6.49. The second kappa shape index (κ2) is 7.11. The van der Waals surface area contributed by atoms with Crippen molar-refractivity contribution in [2.45, 2.75) is 78.9 Å². The number of hydrogen-bond acceptors (Lipinski definition) is 5. The maximum atomic E-state index is 12.9. The second-order valence-electron chi connectivity index (χ2n) is 11.3. The third kappa shape index (κ3) is 3.00. The Labute approximate surface area is 180 Å². The van der Waals surface area contributed by atoms with Crippen LogP contribution in [-0.4, -0.2) is 44.7 Å². The molecule has 0 aromatic heterocycles. The van der Waals surface area contributed by atoms with E-state index in [1.165, 1.54) is 0 Å². The molecule has 0 unspecified atom stereocenters. The summed E-state index contributed by atoms with van der Waals surface area (Å²) in [7, 11) is 0. The average Bonchev–Trinajstić information content (AvgIpc) is 2.80. The van der Waals surface area contributed by atoms with Crippen LogP contribution in [0.3, 0.4) is 0 Å². The minimum atomic E-state index is -1.74. The number of fused-ring (bicyclic) bond motifs is 3. The first-order valence-electron chi connectivity index (χ1n) is 11.2. The number of carbonyl (C=O) groups excluding carboxylic acids is 2.